The van der Waals surface area contributed by atoms with Crippen LogP contribution in [0.15, 0.2) is 46.0 Å². The zero-order valence-electron chi connectivity index (χ0n) is 16.8. The number of likely N-dealkylation sites (tertiary alicyclic amines) is 1. The quantitative estimate of drug-likeness (QED) is 0.327. The molecule has 3 rings (SSSR count). The molecule has 1 aliphatic rings. The minimum absolute atomic E-state index is 0. The van der Waals surface area contributed by atoms with Gasteiger partial charge in [0.05, 0.1) is 12.3 Å². The van der Waals surface area contributed by atoms with Gasteiger partial charge in [0.15, 0.2) is 17.6 Å². The molecule has 2 N–H and O–H groups in total. The Morgan fingerprint density at radius 2 is 1.86 bits per heavy atom. The van der Waals surface area contributed by atoms with Crippen molar-refractivity contribution in [3.8, 4) is 0 Å². The third kappa shape index (κ3) is 6.40. The number of guanidine groups is 1. The Morgan fingerprint density at radius 1 is 1.14 bits per heavy atom. The molecule has 0 saturated carbocycles. The summed E-state index contributed by atoms with van der Waals surface area (Å²) in [4.78, 5) is 6.70. The number of nitrogens with one attached hydrogen (secondary N) is 2. The van der Waals surface area contributed by atoms with Gasteiger partial charge in [-0.1, -0.05) is 13.0 Å². The first-order valence-electron chi connectivity index (χ1n) is 9.75. The lowest BCUT2D eigenvalue weighted by atomic mass is 10.0. The molecule has 2 atom stereocenters. The molecule has 0 radical (unpaired) electrons. The maximum atomic E-state index is 13.5. The lowest BCUT2D eigenvalue weighted by molar-refractivity contribution is 0.215. The standard InChI is InChI=1S/C21H28F2N4O.HI/c1-15(16-7-8-17(22)18(23)12-16)13-25-21(24-2)26-14-19(20-6-5-11-28-20)27-9-3-4-10-27;/h5-8,11-12,15,19H,3-4,9-10,13-14H2,1-2H3,(H2,24,25,26);1H. The van der Waals surface area contributed by atoms with E-state index < -0.39 is 11.6 Å². The summed E-state index contributed by atoms with van der Waals surface area (Å²) in [5.41, 5.74) is 0.743. The predicted molar refractivity (Wildman–Crippen MR) is 122 cm³/mol. The largest absolute Gasteiger partial charge is 0.468 e. The third-order valence-electron chi connectivity index (χ3n) is 5.23. The number of rotatable bonds is 7. The van der Waals surface area contributed by atoms with E-state index in [0.29, 0.717) is 19.0 Å². The molecule has 0 bridgehead atoms. The zero-order valence-corrected chi connectivity index (χ0v) is 19.2. The molecule has 1 aliphatic heterocycles. The first kappa shape index (κ1) is 23.6. The SMILES string of the molecule is CN=C(NCC(C)c1ccc(F)c(F)c1)NCC(c1ccco1)N1CCCC1.I. The van der Waals surface area contributed by atoms with E-state index in [-0.39, 0.29) is 35.9 Å². The minimum atomic E-state index is -0.827. The first-order chi connectivity index (χ1) is 13.6. The molecule has 1 aromatic carbocycles. The van der Waals surface area contributed by atoms with Crippen molar-refractivity contribution in [2.75, 3.05) is 33.2 Å². The Balaban J connectivity index is 0.00000300. The summed E-state index contributed by atoms with van der Waals surface area (Å²) < 4.78 is 32.2. The molecular weight excluding hydrogens is 489 g/mol. The van der Waals surface area contributed by atoms with E-state index >= 15 is 0 Å². The van der Waals surface area contributed by atoms with Crippen LogP contribution in [0.3, 0.4) is 0 Å². The Labute approximate surface area is 188 Å². The van der Waals surface area contributed by atoms with Crippen LogP contribution >= 0.6 is 24.0 Å². The van der Waals surface area contributed by atoms with Crippen LogP contribution in [0.1, 0.15) is 43.0 Å². The average Bonchev–Trinajstić information content (AvgIpc) is 3.41. The van der Waals surface area contributed by atoms with E-state index in [0.717, 1.165) is 30.5 Å². The smallest absolute Gasteiger partial charge is 0.191 e. The van der Waals surface area contributed by atoms with Crippen molar-refractivity contribution in [2.45, 2.75) is 31.7 Å². The van der Waals surface area contributed by atoms with E-state index in [9.17, 15) is 8.78 Å². The molecule has 1 aromatic heterocycles. The number of nitrogens with zero attached hydrogens (tertiary/aromatic N) is 2. The van der Waals surface area contributed by atoms with Crippen LogP contribution in [0, 0.1) is 11.6 Å². The van der Waals surface area contributed by atoms with Gasteiger partial charge in [-0.25, -0.2) is 8.78 Å². The van der Waals surface area contributed by atoms with Gasteiger partial charge < -0.3 is 15.1 Å². The van der Waals surface area contributed by atoms with Crippen molar-refractivity contribution in [1.82, 2.24) is 15.5 Å². The van der Waals surface area contributed by atoms with Gasteiger partial charge in [0.2, 0.25) is 0 Å². The van der Waals surface area contributed by atoms with Crippen molar-refractivity contribution in [2.24, 2.45) is 4.99 Å². The number of benzene rings is 1. The second-order valence-corrected chi connectivity index (χ2v) is 7.18. The lowest BCUT2D eigenvalue weighted by Crippen LogP contribution is -2.43. The van der Waals surface area contributed by atoms with E-state index in [1.54, 1.807) is 19.4 Å². The number of hydrogen-bond donors (Lipinski definition) is 2. The van der Waals surface area contributed by atoms with Crippen molar-refractivity contribution < 1.29 is 13.2 Å². The van der Waals surface area contributed by atoms with Crippen molar-refractivity contribution in [3.05, 3.63) is 59.6 Å². The minimum Gasteiger partial charge on any atom is -0.468 e. The highest BCUT2D eigenvalue weighted by atomic mass is 127. The molecule has 2 unspecified atom stereocenters. The number of hydrogen-bond acceptors (Lipinski definition) is 3. The summed E-state index contributed by atoms with van der Waals surface area (Å²) in [5, 5.41) is 6.63. The fourth-order valence-electron chi connectivity index (χ4n) is 3.54. The van der Waals surface area contributed by atoms with Crippen molar-refractivity contribution >= 4 is 29.9 Å². The second-order valence-electron chi connectivity index (χ2n) is 7.18. The highest BCUT2D eigenvalue weighted by Crippen LogP contribution is 2.25. The van der Waals surface area contributed by atoms with E-state index in [1.165, 1.54) is 18.9 Å². The van der Waals surface area contributed by atoms with Crippen LogP contribution < -0.4 is 10.6 Å². The first-order valence-corrected chi connectivity index (χ1v) is 9.75. The fourth-order valence-corrected chi connectivity index (χ4v) is 3.54. The lowest BCUT2D eigenvalue weighted by Gasteiger charge is -2.27. The van der Waals surface area contributed by atoms with Crippen LogP contribution in [0.4, 0.5) is 8.78 Å². The summed E-state index contributed by atoms with van der Waals surface area (Å²) in [7, 11) is 1.72. The molecule has 29 heavy (non-hydrogen) atoms. The summed E-state index contributed by atoms with van der Waals surface area (Å²) in [6.07, 6.45) is 4.11. The Morgan fingerprint density at radius 3 is 2.48 bits per heavy atom. The van der Waals surface area contributed by atoms with Gasteiger partial charge in [-0.2, -0.15) is 0 Å². The molecule has 160 valence electrons. The van der Waals surface area contributed by atoms with Crippen LogP contribution in [0.2, 0.25) is 0 Å². The molecule has 2 aromatic rings. The van der Waals surface area contributed by atoms with Gasteiger partial charge in [-0.3, -0.25) is 9.89 Å². The van der Waals surface area contributed by atoms with Crippen LogP contribution in [-0.2, 0) is 0 Å². The van der Waals surface area contributed by atoms with E-state index in [1.807, 2.05) is 19.1 Å². The van der Waals surface area contributed by atoms with Crippen LogP contribution in [0.25, 0.3) is 0 Å². The monoisotopic (exact) mass is 518 g/mol. The maximum Gasteiger partial charge on any atom is 0.191 e. The second kappa shape index (κ2) is 11.5. The highest BCUT2D eigenvalue weighted by molar-refractivity contribution is 14.0. The molecule has 1 fully saturated rings. The van der Waals surface area contributed by atoms with Gasteiger partial charge in [-0.15, -0.1) is 24.0 Å². The zero-order chi connectivity index (χ0) is 19.9. The molecule has 0 aliphatic carbocycles. The Hall–Kier alpha value is -1.68. The topological polar surface area (TPSA) is 52.8 Å². The molecule has 0 spiro atoms. The van der Waals surface area contributed by atoms with E-state index in [2.05, 4.69) is 20.5 Å². The van der Waals surface area contributed by atoms with E-state index in [4.69, 9.17) is 4.42 Å². The average molecular weight is 518 g/mol. The molecule has 5 nitrogen and oxygen atoms in total. The van der Waals surface area contributed by atoms with Gasteiger partial charge in [0.1, 0.15) is 5.76 Å². The summed E-state index contributed by atoms with van der Waals surface area (Å²) in [6, 6.07) is 8.10. The molecular formula is C21H29F2IN4O. The summed E-state index contributed by atoms with van der Waals surface area (Å²) >= 11 is 0. The Bertz CT molecular complexity index is 779. The summed E-state index contributed by atoms with van der Waals surface area (Å²) in [6.45, 7) is 5.31. The van der Waals surface area contributed by atoms with Crippen molar-refractivity contribution in [1.29, 1.82) is 0 Å². The van der Waals surface area contributed by atoms with Gasteiger partial charge in [0, 0.05) is 20.1 Å². The van der Waals surface area contributed by atoms with Gasteiger partial charge in [0.25, 0.3) is 0 Å². The predicted octanol–water partition coefficient (Wildman–Crippen LogP) is 4.28. The molecule has 0 amide bonds. The van der Waals surface area contributed by atoms with Crippen LogP contribution in [0.5, 0.6) is 0 Å². The van der Waals surface area contributed by atoms with Crippen LogP contribution in [-0.4, -0.2) is 44.1 Å². The molecule has 8 heteroatoms. The van der Waals surface area contributed by atoms with Gasteiger partial charge >= 0.3 is 0 Å². The third-order valence-corrected chi connectivity index (χ3v) is 5.23. The molecule has 1 saturated heterocycles. The van der Waals surface area contributed by atoms with Crippen molar-refractivity contribution in [3.63, 3.8) is 0 Å². The molecule has 2 heterocycles. The number of furan rings is 1. The summed E-state index contributed by atoms with van der Waals surface area (Å²) in [5.74, 6) is -0.0238. The fraction of sp³-hybridized carbons (Fsp3) is 0.476. The van der Waals surface area contributed by atoms with Gasteiger partial charge in [-0.05, 0) is 61.7 Å². The maximum absolute atomic E-state index is 13.5. The highest BCUT2D eigenvalue weighted by Gasteiger charge is 2.25. The Kier molecular flexibility index (Phi) is 9.35. The normalized spacial score (nSPS) is 16.9. The number of aliphatic imine (C=N–C) groups is 1. The number of halogens is 3.